The van der Waals surface area contributed by atoms with Gasteiger partial charge in [0.25, 0.3) is 0 Å². The molecule has 0 nitrogen and oxygen atoms in total. The standard InChI is InChI=1S/C18H34S/c1-5-6-7-8-9-10-13-19-16-14-15-11-12-18(16,4)17(15,2)3/h15-16H,5-14H2,1-4H3. The minimum atomic E-state index is 0.603. The lowest BCUT2D eigenvalue weighted by Gasteiger charge is -2.39. The maximum Gasteiger partial charge on any atom is 0.0109 e. The number of hydrogen-bond acceptors (Lipinski definition) is 1. The van der Waals surface area contributed by atoms with Crippen LogP contribution in [0.5, 0.6) is 0 Å². The van der Waals surface area contributed by atoms with Crippen LogP contribution in [0, 0.1) is 16.7 Å². The number of unbranched alkanes of at least 4 members (excludes halogenated alkanes) is 5. The normalized spacial score (nSPS) is 36.0. The first-order valence-corrected chi connectivity index (χ1v) is 9.69. The Morgan fingerprint density at radius 2 is 1.68 bits per heavy atom. The SMILES string of the molecule is CCCCCCCCSC1CC2CCC1(C)C2(C)C. The van der Waals surface area contributed by atoms with Crippen LogP contribution in [0.2, 0.25) is 0 Å². The quantitative estimate of drug-likeness (QED) is 0.471. The second kappa shape index (κ2) is 6.41. The molecule has 1 heteroatoms. The summed E-state index contributed by atoms with van der Waals surface area (Å²) < 4.78 is 0. The van der Waals surface area contributed by atoms with E-state index in [0.29, 0.717) is 10.8 Å². The van der Waals surface area contributed by atoms with Crippen LogP contribution in [0.15, 0.2) is 0 Å². The highest BCUT2D eigenvalue weighted by Crippen LogP contribution is 2.68. The summed E-state index contributed by atoms with van der Waals surface area (Å²) in [4.78, 5) is 0. The van der Waals surface area contributed by atoms with Crippen LogP contribution in [0.4, 0.5) is 0 Å². The zero-order chi connectivity index (χ0) is 13.9. The van der Waals surface area contributed by atoms with Crippen molar-refractivity contribution in [3.05, 3.63) is 0 Å². The molecule has 19 heavy (non-hydrogen) atoms. The number of hydrogen-bond donors (Lipinski definition) is 0. The van der Waals surface area contributed by atoms with E-state index in [9.17, 15) is 0 Å². The van der Waals surface area contributed by atoms with Crippen LogP contribution in [0.25, 0.3) is 0 Å². The van der Waals surface area contributed by atoms with Crippen molar-refractivity contribution in [1.29, 1.82) is 0 Å². The van der Waals surface area contributed by atoms with Gasteiger partial charge >= 0.3 is 0 Å². The topological polar surface area (TPSA) is 0 Å². The lowest BCUT2D eigenvalue weighted by molar-refractivity contribution is 0.156. The predicted octanol–water partition coefficient (Wildman–Crippen LogP) is 6.29. The Morgan fingerprint density at radius 1 is 1.00 bits per heavy atom. The molecule has 0 heterocycles. The first kappa shape index (κ1) is 15.7. The first-order valence-electron chi connectivity index (χ1n) is 8.64. The molecule has 0 spiro atoms. The van der Waals surface area contributed by atoms with Crippen LogP contribution in [0.3, 0.4) is 0 Å². The highest BCUT2D eigenvalue weighted by atomic mass is 32.2. The van der Waals surface area contributed by atoms with Crippen molar-refractivity contribution in [1.82, 2.24) is 0 Å². The predicted molar refractivity (Wildman–Crippen MR) is 88.9 cm³/mol. The van der Waals surface area contributed by atoms with Gasteiger partial charge < -0.3 is 0 Å². The van der Waals surface area contributed by atoms with Gasteiger partial charge in [-0.25, -0.2) is 0 Å². The number of fused-ring (bicyclic) bond motifs is 2. The van der Waals surface area contributed by atoms with Gasteiger partial charge in [-0.05, 0) is 48.2 Å². The fourth-order valence-electron chi connectivity index (χ4n) is 4.49. The molecule has 3 unspecified atom stereocenters. The summed E-state index contributed by atoms with van der Waals surface area (Å²) in [5.41, 5.74) is 1.23. The molecule has 112 valence electrons. The molecule has 0 aliphatic heterocycles. The maximum absolute atomic E-state index is 2.58. The molecule has 2 rings (SSSR count). The van der Waals surface area contributed by atoms with Gasteiger partial charge in [-0.2, -0.15) is 11.8 Å². The third kappa shape index (κ3) is 3.01. The van der Waals surface area contributed by atoms with E-state index in [1.807, 2.05) is 0 Å². The zero-order valence-corrected chi connectivity index (χ0v) is 14.5. The first-order chi connectivity index (χ1) is 9.02. The third-order valence-electron chi connectivity index (χ3n) is 6.53. The molecule has 2 saturated carbocycles. The maximum atomic E-state index is 2.58. The zero-order valence-electron chi connectivity index (χ0n) is 13.6. The molecule has 0 radical (unpaired) electrons. The van der Waals surface area contributed by atoms with Gasteiger partial charge in [-0.1, -0.05) is 59.8 Å². The van der Waals surface area contributed by atoms with Gasteiger partial charge in [-0.15, -0.1) is 0 Å². The van der Waals surface area contributed by atoms with E-state index in [2.05, 4.69) is 39.5 Å². The Bertz CT molecular complexity index is 283. The fourth-order valence-corrected chi connectivity index (χ4v) is 6.30. The van der Waals surface area contributed by atoms with Crippen molar-refractivity contribution in [2.24, 2.45) is 16.7 Å². The number of rotatable bonds is 8. The number of thioether (sulfide) groups is 1. The molecule has 0 aromatic rings. The van der Waals surface area contributed by atoms with Crippen LogP contribution < -0.4 is 0 Å². The van der Waals surface area contributed by atoms with E-state index in [-0.39, 0.29) is 0 Å². The van der Waals surface area contributed by atoms with Crippen LogP contribution >= 0.6 is 11.8 Å². The molecule has 2 aliphatic carbocycles. The summed E-state index contributed by atoms with van der Waals surface area (Å²) in [5, 5.41) is 0.955. The van der Waals surface area contributed by atoms with E-state index >= 15 is 0 Å². The summed E-state index contributed by atoms with van der Waals surface area (Å²) in [6.45, 7) is 9.96. The molecule has 0 aromatic carbocycles. The monoisotopic (exact) mass is 282 g/mol. The largest absolute Gasteiger partial charge is 0.158 e. The summed E-state index contributed by atoms with van der Waals surface area (Å²) in [7, 11) is 0. The summed E-state index contributed by atoms with van der Waals surface area (Å²) in [6.07, 6.45) is 13.1. The van der Waals surface area contributed by atoms with Crippen molar-refractivity contribution < 1.29 is 0 Å². The van der Waals surface area contributed by atoms with Gasteiger partial charge in [0.15, 0.2) is 0 Å². The van der Waals surface area contributed by atoms with Crippen molar-refractivity contribution in [2.75, 3.05) is 5.75 Å². The Morgan fingerprint density at radius 3 is 2.26 bits per heavy atom. The Balaban J connectivity index is 1.65. The summed E-state index contributed by atoms with van der Waals surface area (Å²) in [5.74, 6) is 2.43. The van der Waals surface area contributed by atoms with E-state index in [1.165, 1.54) is 63.5 Å². The van der Waals surface area contributed by atoms with Gasteiger partial charge in [0.2, 0.25) is 0 Å². The molecule has 2 aliphatic rings. The van der Waals surface area contributed by atoms with E-state index in [4.69, 9.17) is 0 Å². The molecule has 2 bridgehead atoms. The van der Waals surface area contributed by atoms with E-state index < -0.39 is 0 Å². The van der Waals surface area contributed by atoms with Gasteiger partial charge in [0.05, 0.1) is 0 Å². The minimum Gasteiger partial charge on any atom is -0.158 e. The van der Waals surface area contributed by atoms with Gasteiger partial charge in [-0.3, -0.25) is 0 Å². The average molecular weight is 283 g/mol. The van der Waals surface area contributed by atoms with Crippen LogP contribution in [-0.2, 0) is 0 Å². The van der Waals surface area contributed by atoms with Crippen LogP contribution in [-0.4, -0.2) is 11.0 Å². The molecule has 0 saturated heterocycles. The molecular weight excluding hydrogens is 248 g/mol. The minimum absolute atomic E-state index is 0.603. The van der Waals surface area contributed by atoms with Crippen molar-refractivity contribution in [2.45, 2.75) is 90.7 Å². The van der Waals surface area contributed by atoms with Crippen molar-refractivity contribution in [3.8, 4) is 0 Å². The van der Waals surface area contributed by atoms with E-state index in [1.54, 1.807) is 0 Å². The lowest BCUT2D eigenvalue weighted by Crippen LogP contribution is -2.34. The Labute approximate surface area is 125 Å². The summed E-state index contributed by atoms with van der Waals surface area (Å²) >= 11 is 2.31. The van der Waals surface area contributed by atoms with Crippen molar-refractivity contribution >= 4 is 11.8 Å². The highest BCUT2D eigenvalue weighted by Gasteiger charge is 2.61. The molecule has 2 fully saturated rings. The molecule has 0 N–H and O–H groups in total. The second-order valence-electron chi connectivity index (χ2n) is 7.74. The molecular formula is C18H34S. The van der Waals surface area contributed by atoms with Crippen LogP contribution in [0.1, 0.15) is 85.5 Å². The average Bonchev–Trinajstić information content (AvgIpc) is 2.70. The Kier molecular flexibility index (Phi) is 5.31. The molecule has 0 aromatic heterocycles. The Hall–Kier alpha value is 0.350. The van der Waals surface area contributed by atoms with Crippen molar-refractivity contribution in [3.63, 3.8) is 0 Å². The fraction of sp³-hybridized carbons (Fsp3) is 1.00. The smallest absolute Gasteiger partial charge is 0.0109 e. The highest BCUT2D eigenvalue weighted by molar-refractivity contribution is 7.99. The van der Waals surface area contributed by atoms with Gasteiger partial charge in [0, 0.05) is 5.25 Å². The van der Waals surface area contributed by atoms with Gasteiger partial charge in [0.1, 0.15) is 0 Å². The third-order valence-corrected chi connectivity index (χ3v) is 8.17. The lowest BCUT2D eigenvalue weighted by atomic mass is 9.71. The molecule has 3 atom stereocenters. The van der Waals surface area contributed by atoms with E-state index in [0.717, 1.165) is 11.2 Å². The molecule has 0 amide bonds. The summed E-state index contributed by atoms with van der Waals surface area (Å²) in [6, 6.07) is 0. The second-order valence-corrected chi connectivity index (χ2v) is 9.05.